The molecule has 8 atom stereocenters. The summed E-state index contributed by atoms with van der Waals surface area (Å²) in [6, 6.07) is 6.73. The number of benzene rings is 1. The van der Waals surface area contributed by atoms with Gasteiger partial charge in [0.1, 0.15) is 0 Å². The van der Waals surface area contributed by atoms with Crippen LogP contribution in [0.4, 0.5) is 0 Å². The van der Waals surface area contributed by atoms with E-state index in [1.165, 1.54) is 7.11 Å². The molecule has 272 valence electrons. The Labute approximate surface area is 294 Å². The topological polar surface area (TPSA) is 107 Å². The molecule has 3 fully saturated rings. The molecule has 0 bridgehead atoms. The van der Waals surface area contributed by atoms with Crippen LogP contribution in [0.1, 0.15) is 96.5 Å². The van der Waals surface area contributed by atoms with Crippen LogP contribution in [-0.4, -0.2) is 65.6 Å². The average molecular weight is 701 g/mol. The van der Waals surface area contributed by atoms with Crippen molar-refractivity contribution in [2.24, 2.45) is 17.8 Å². The molecule has 0 N–H and O–H groups in total. The summed E-state index contributed by atoms with van der Waals surface area (Å²) < 4.78 is 63.2. The molecule has 4 rings (SSSR count). The van der Waals surface area contributed by atoms with E-state index in [0.717, 1.165) is 44.1 Å². The minimum atomic E-state index is -4.04. The van der Waals surface area contributed by atoms with Gasteiger partial charge in [0.2, 0.25) is 0 Å². The van der Waals surface area contributed by atoms with Gasteiger partial charge in [-0.3, -0.25) is 8.98 Å². The number of ether oxygens (including phenoxy) is 5. The number of methoxy groups -OCH3 is 1. The molecule has 0 aromatic heterocycles. The third-order valence-electron chi connectivity index (χ3n) is 9.58. The van der Waals surface area contributed by atoms with Crippen LogP contribution in [0, 0.1) is 36.5 Å². The fourth-order valence-corrected chi connectivity index (χ4v) is 7.80. The SMILES string of the molecule is CC#CCC(C)[C@@H](/C=C/[C@@H]1[C@@H](C/C=C\CCCC(=O)OC)[C@H](OS(=O)(=O)c2ccc(C)cc2)C[C@H]1OC1CCCCO1)OC1CCCCO1. The second-order valence-corrected chi connectivity index (χ2v) is 15.0. The molecule has 9 nitrogen and oxygen atoms in total. The van der Waals surface area contributed by atoms with Crippen molar-refractivity contribution in [1.82, 2.24) is 0 Å². The van der Waals surface area contributed by atoms with E-state index in [1.807, 2.05) is 19.9 Å². The summed E-state index contributed by atoms with van der Waals surface area (Å²) in [5, 5.41) is 0. The number of hydrogen-bond donors (Lipinski definition) is 0. The molecule has 0 radical (unpaired) electrons. The summed E-state index contributed by atoms with van der Waals surface area (Å²) in [5.74, 6) is 5.70. The first-order chi connectivity index (χ1) is 23.7. The van der Waals surface area contributed by atoms with Crippen molar-refractivity contribution in [2.45, 2.75) is 134 Å². The highest BCUT2D eigenvalue weighted by atomic mass is 32.2. The molecule has 1 aliphatic carbocycles. The lowest BCUT2D eigenvalue weighted by atomic mass is 9.88. The van der Waals surface area contributed by atoms with E-state index in [1.54, 1.807) is 24.3 Å². The van der Waals surface area contributed by atoms with Gasteiger partial charge in [0.15, 0.2) is 12.6 Å². The van der Waals surface area contributed by atoms with Crippen molar-refractivity contribution in [1.29, 1.82) is 0 Å². The quantitative estimate of drug-likeness (QED) is 0.0540. The largest absolute Gasteiger partial charge is 0.469 e. The summed E-state index contributed by atoms with van der Waals surface area (Å²) in [6.07, 6.45) is 15.7. The maximum absolute atomic E-state index is 13.6. The van der Waals surface area contributed by atoms with Crippen molar-refractivity contribution in [3.05, 3.63) is 54.1 Å². The first kappa shape index (κ1) is 39.3. The van der Waals surface area contributed by atoms with E-state index in [9.17, 15) is 13.2 Å². The zero-order valence-corrected chi connectivity index (χ0v) is 30.5. The monoisotopic (exact) mass is 700 g/mol. The van der Waals surface area contributed by atoms with Crippen LogP contribution in [0.15, 0.2) is 53.5 Å². The summed E-state index contributed by atoms with van der Waals surface area (Å²) >= 11 is 0. The fraction of sp³-hybridized carbons (Fsp3) is 0.667. The van der Waals surface area contributed by atoms with Gasteiger partial charge < -0.3 is 23.7 Å². The molecule has 1 aromatic carbocycles. The molecule has 3 unspecified atom stereocenters. The minimum absolute atomic E-state index is 0.110. The van der Waals surface area contributed by atoms with Crippen LogP contribution in [0.2, 0.25) is 0 Å². The molecular weight excluding hydrogens is 644 g/mol. The molecular formula is C39H56O9S. The second-order valence-electron chi connectivity index (χ2n) is 13.4. The Morgan fingerprint density at radius 3 is 2.39 bits per heavy atom. The normalized spacial score (nSPS) is 27.5. The van der Waals surface area contributed by atoms with E-state index in [-0.39, 0.29) is 53.4 Å². The molecule has 1 saturated carbocycles. The number of hydrogen-bond acceptors (Lipinski definition) is 9. The van der Waals surface area contributed by atoms with Gasteiger partial charge in [-0.2, -0.15) is 8.42 Å². The first-order valence-corrected chi connectivity index (χ1v) is 19.4. The van der Waals surface area contributed by atoms with Gasteiger partial charge in [-0.05, 0) is 95.6 Å². The van der Waals surface area contributed by atoms with Gasteiger partial charge in [-0.15, -0.1) is 11.8 Å². The average Bonchev–Trinajstić information content (AvgIpc) is 3.41. The lowest BCUT2D eigenvalue weighted by Gasteiger charge is -2.31. The highest BCUT2D eigenvalue weighted by molar-refractivity contribution is 7.86. The van der Waals surface area contributed by atoms with Crippen molar-refractivity contribution in [3.63, 3.8) is 0 Å². The predicted molar refractivity (Wildman–Crippen MR) is 188 cm³/mol. The lowest BCUT2D eigenvalue weighted by Crippen LogP contribution is -2.32. The van der Waals surface area contributed by atoms with E-state index in [4.69, 9.17) is 27.9 Å². The highest BCUT2D eigenvalue weighted by Gasteiger charge is 2.46. The highest BCUT2D eigenvalue weighted by Crippen LogP contribution is 2.42. The first-order valence-electron chi connectivity index (χ1n) is 18.0. The third kappa shape index (κ3) is 12.6. The molecule has 1 aromatic rings. The molecule has 2 heterocycles. The maximum Gasteiger partial charge on any atom is 0.305 e. The van der Waals surface area contributed by atoms with Crippen molar-refractivity contribution < 1.29 is 41.1 Å². The lowest BCUT2D eigenvalue weighted by molar-refractivity contribution is -0.193. The Morgan fingerprint density at radius 1 is 1.02 bits per heavy atom. The van der Waals surface area contributed by atoms with Crippen LogP contribution in [0.3, 0.4) is 0 Å². The minimum Gasteiger partial charge on any atom is -0.469 e. The molecule has 10 heteroatoms. The maximum atomic E-state index is 13.6. The van der Waals surface area contributed by atoms with E-state index < -0.39 is 16.2 Å². The molecule has 2 aliphatic heterocycles. The van der Waals surface area contributed by atoms with Gasteiger partial charge in [0.25, 0.3) is 10.1 Å². The van der Waals surface area contributed by atoms with E-state index >= 15 is 0 Å². The van der Waals surface area contributed by atoms with Crippen LogP contribution in [-0.2, 0) is 42.8 Å². The van der Waals surface area contributed by atoms with Crippen molar-refractivity contribution >= 4 is 16.1 Å². The zero-order valence-electron chi connectivity index (χ0n) is 29.7. The molecule has 0 spiro atoms. The Bertz CT molecular complexity index is 1370. The number of carbonyl (C=O) groups excluding carboxylic acids is 1. The van der Waals surface area contributed by atoms with Crippen LogP contribution >= 0.6 is 0 Å². The van der Waals surface area contributed by atoms with Crippen LogP contribution in [0.5, 0.6) is 0 Å². The van der Waals surface area contributed by atoms with E-state index in [2.05, 4.69) is 37.0 Å². The number of carbonyl (C=O) groups is 1. The number of esters is 1. The zero-order chi connectivity index (χ0) is 35.1. The Hall–Kier alpha value is -2.52. The molecule has 3 aliphatic rings. The summed E-state index contributed by atoms with van der Waals surface area (Å²) in [4.78, 5) is 11.7. The van der Waals surface area contributed by atoms with Crippen LogP contribution < -0.4 is 0 Å². The fourth-order valence-electron chi connectivity index (χ4n) is 6.67. The Morgan fingerprint density at radius 2 is 1.73 bits per heavy atom. The predicted octanol–water partition coefficient (Wildman–Crippen LogP) is 7.42. The summed E-state index contributed by atoms with van der Waals surface area (Å²) in [7, 11) is -2.65. The number of rotatable bonds is 17. The van der Waals surface area contributed by atoms with Crippen molar-refractivity contribution in [3.8, 4) is 11.8 Å². The van der Waals surface area contributed by atoms with Gasteiger partial charge in [-0.25, -0.2) is 0 Å². The van der Waals surface area contributed by atoms with Gasteiger partial charge in [0.05, 0.1) is 30.3 Å². The second kappa shape index (κ2) is 20.4. The Balaban J connectivity index is 1.63. The number of allylic oxidation sites excluding steroid dienone is 2. The van der Waals surface area contributed by atoms with Gasteiger partial charge >= 0.3 is 5.97 Å². The van der Waals surface area contributed by atoms with Gasteiger partial charge in [-0.1, -0.05) is 48.9 Å². The molecule has 0 amide bonds. The molecule has 49 heavy (non-hydrogen) atoms. The number of aryl methyl sites for hydroxylation is 1. The third-order valence-corrected chi connectivity index (χ3v) is 10.9. The van der Waals surface area contributed by atoms with Crippen molar-refractivity contribution in [2.75, 3.05) is 20.3 Å². The molecule has 2 saturated heterocycles. The summed E-state index contributed by atoms with van der Waals surface area (Å²) in [5.41, 5.74) is 0.968. The smallest absolute Gasteiger partial charge is 0.305 e. The number of unbranched alkanes of at least 4 members (excludes halogenated alkanes) is 1. The summed E-state index contributed by atoms with van der Waals surface area (Å²) in [6.45, 7) is 7.22. The van der Waals surface area contributed by atoms with Crippen LogP contribution in [0.25, 0.3) is 0 Å². The van der Waals surface area contributed by atoms with Gasteiger partial charge in [0, 0.05) is 38.4 Å². The Kier molecular flexibility index (Phi) is 16.3. The van der Waals surface area contributed by atoms with E-state index in [0.29, 0.717) is 51.7 Å². The standard InChI is InChI=1S/C39H56O9S/c1-5-6-15-30(3)34(46-38-18-11-13-26-44-38)25-24-33-32(16-9-7-8-10-17-37(40)43-4)36(28-35(33)47-39-19-12-14-27-45-39)48-49(41,42)31-22-20-29(2)21-23-31/h7,9,20-25,30,32-36,38-39H,8,10-19,26-28H2,1-4H3/b9-7-,25-24+/t30?,32-,33-,34-,35-,36-,38?,39?/m1/s1.